The lowest BCUT2D eigenvalue weighted by molar-refractivity contribution is 0.108. The number of nitrogens with one attached hydrogen (secondary N) is 1. The summed E-state index contributed by atoms with van der Waals surface area (Å²) in [5.41, 5.74) is 1.37. The summed E-state index contributed by atoms with van der Waals surface area (Å²) in [5.74, 6) is 0.752. The molecule has 0 bridgehead atoms. The van der Waals surface area contributed by atoms with E-state index in [2.05, 4.69) is 43.1 Å². The van der Waals surface area contributed by atoms with Crippen molar-refractivity contribution in [1.29, 1.82) is 0 Å². The fourth-order valence-corrected chi connectivity index (χ4v) is 3.42. The standard InChI is InChI=1S/C18H29ClN2/c1-4-5-18-11-20-17(10-14(2)3)13-21(18)12-15-6-8-16(19)9-7-15/h6-9,14,17-18,20H,4-5,10-13H2,1-3H3. The third-order valence-corrected chi connectivity index (χ3v) is 4.54. The van der Waals surface area contributed by atoms with Gasteiger partial charge in [0.2, 0.25) is 0 Å². The smallest absolute Gasteiger partial charge is 0.0406 e. The lowest BCUT2D eigenvalue weighted by atomic mass is 9.97. The first-order chi connectivity index (χ1) is 10.1. The van der Waals surface area contributed by atoms with E-state index in [1.165, 1.54) is 24.8 Å². The second-order valence-electron chi connectivity index (χ2n) is 6.73. The Labute approximate surface area is 134 Å². The molecule has 0 amide bonds. The molecule has 1 aliphatic heterocycles. The summed E-state index contributed by atoms with van der Waals surface area (Å²) in [6.07, 6.45) is 3.78. The molecule has 1 saturated heterocycles. The van der Waals surface area contributed by atoms with E-state index in [9.17, 15) is 0 Å². The van der Waals surface area contributed by atoms with Gasteiger partial charge in [-0.2, -0.15) is 0 Å². The highest BCUT2D eigenvalue weighted by Crippen LogP contribution is 2.20. The van der Waals surface area contributed by atoms with E-state index in [0.29, 0.717) is 12.1 Å². The van der Waals surface area contributed by atoms with Crippen LogP contribution in [0.3, 0.4) is 0 Å². The quantitative estimate of drug-likeness (QED) is 0.841. The van der Waals surface area contributed by atoms with Gasteiger partial charge in [-0.1, -0.05) is 50.9 Å². The van der Waals surface area contributed by atoms with E-state index in [1.54, 1.807) is 0 Å². The van der Waals surface area contributed by atoms with E-state index in [0.717, 1.165) is 30.6 Å². The van der Waals surface area contributed by atoms with Crippen LogP contribution in [0.1, 0.15) is 45.6 Å². The monoisotopic (exact) mass is 308 g/mol. The van der Waals surface area contributed by atoms with Crippen molar-refractivity contribution in [3.05, 3.63) is 34.9 Å². The van der Waals surface area contributed by atoms with Gasteiger partial charge in [-0.15, -0.1) is 0 Å². The fraction of sp³-hybridized carbons (Fsp3) is 0.667. The molecule has 1 aliphatic rings. The zero-order chi connectivity index (χ0) is 15.2. The minimum Gasteiger partial charge on any atom is -0.311 e. The molecule has 1 aromatic carbocycles. The number of hydrogen-bond donors (Lipinski definition) is 1. The zero-order valence-electron chi connectivity index (χ0n) is 13.6. The summed E-state index contributed by atoms with van der Waals surface area (Å²) >= 11 is 5.99. The minimum atomic E-state index is 0.630. The van der Waals surface area contributed by atoms with Crippen molar-refractivity contribution in [3.63, 3.8) is 0 Å². The van der Waals surface area contributed by atoms with E-state index in [4.69, 9.17) is 11.6 Å². The Bertz CT molecular complexity index is 416. The predicted molar refractivity (Wildman–Crippen MR) is 91.8 cm³/mol. The molecule has 2 nitrogen and oxygen atoms in total. The van der Waals surface area contributed by atoms with E-state index < -0.39 is 0 Å². The first-order valence-electron chi connectivity index (χ1n) is 8.30. The third kappa shape index (κ3) is 5.28. The highest BCUT2D eigenvalue weighted by Gasteiger charge is 2.27. The van der Waals surface area contributed by atoms with Crippen molar-refractivity contribution in [2.45, 2.75) is 58.7 Å². The third-order valence-electron chi connectivity index (χ3n) is 4.29. The minimum absolute atomic E-state index is 0.630. The molecular weight excluding hydrogens is 280 g/mol. The molecule has 0 spiro atoms. The molecule has 1 N–H and O–H groups in total. The highest BCUT2D eigenvalue weighted by atomic mass is 35.5. The van der Waals surface area contributed by atoms with Crippen LogP contribution in [-0.2, 0) is 6.54 Å². The maximum absolute atomic E-state index is 5.99. The molecule has 2 atom stereocenters. The molecule has 21 heavy (non-hydrogen) atoms. The molecule has 1 aromatic rings. The summed E-state index contributed by atoms with van der Waals surface area (Å²) in [5, 5.41) is 4.57. The Morgan fingerprint density at radius 2 is 2.00 bits per heavy atom. The number of benzene rings is 1. The lowest BCUT2D eigenvalue weighted by Gasteiger charge is -2.41. The molecule has 2 rings (SSSR count). The fourth-order valence-electron chi connectivity index (χ4n) is 3.29. The summed E-state index contributed by atoms with van der Waals surface area (Å²) in [6, 6.07) is 9.61. The van der Waals surface area contributed by atoms with Crippen molar-refractivity contribution in [3.8, 4) is 0 Å². The van der Waals surface area contributed by atoms with Gasteiger partial charge >= 0.3 is 0 Å². The Morgan fingerprint density at radius 1 is 1.29 bits per heavy atom. The Morgan fingerprint density at radius 3 is 2.62 bits per heavy atom. The van der Waals surface area contributed by atoms with Crippen LogP contribution in [0.4, 0.5) is 0 Å². The molecule has 0 aliphatic carbocycles. The maximum atomic E-state index is 5.99. The van der Waals surface area contributed by atoms with Gasteiger partial charge < -0.3 is 5.32 Å². The van der Waals surface area contributed by atoms with E-state index in [1.807, 2.05) is 12.1 Å². The number of piperazine rings is 1. The van der Waals surface area contributed by atoms with E-state index in [-0.39, 0.29) is 0 Å². The van der Waals surface area contributed by atoms with Crippen molar-refractivity contribution in [2.75, 3.05) is 13.1 Å². The highest BCUT2D eigenvalue weighted by molar-refractivity contribution is 6.30. The van der Waals surface area contributed by atoms with Crippen LogP contribution < -0.4 is 5.32 Å². The van der Waals surface area contributed by atoms with Gasteiger partial charge in [-0.3, -0.25) is 4.90 Å². The normalized spacial score (nSPS) is 23.7. The summed E-state index contributed by atoms with van der Waals surface area (Å²) in [6.45, 7) is 10.2. The molecule has 3 heteroatoms. The average Bonchev–Trinajstić information content (AvgIpc) is 2.44. The maximum Gasteiger partial charge on any atom is 0.0406 e. The van der Waals surface area contributed by atoms with Crippen molar-refractivity contribution >= 4 is 11.6 Å². The van der Waals surface area contributed by atoms with Gasteiger partial charge in [-0.25, -0.2) is 0 Å². The number of rotatable bonds is 6. The SMILES string of the molecule is CCCC1CNC(CC(C)C)CN1Cc1ccc(Cl)cc1. The van der Waals surface area contributed by atoms with Gasteiger partial charge in [-0.05, 0) is 36.5 Å². The van der Waals surface area contributed by atoms with Gasteiger partial charge in [0.25, 0.3) is 0 Å². The number of halogens is 1. The summed E-state index contributed by atoms with van der Waals surface area (Å²) in [4.78, 5) is 2.66. The van der Waals surface area contributed by atoms with Crippen LogP contribution in [0.5, 0.6) is 0 Å². The largest absolute Gasteiger partial charge is 0.311 e. The van der Waals surface area contributed by atoms with Crippen molar-refractivity contribution in [2.24, 2.45) is 5.92 Å². The van der Waals surface area contributed by atoms with Gasteiger partial charge in [0, 0.05) is 36.7 Å². The van der Waals surface area contributed by atoms with Crippen LogP contribution in [0, 0.1) is 5.92 Å². The predicted octanol–water partition coefficient (Wildman–Crippen LogP) is 4.33. The molecule has 118 valence electrons. The molecule has 0 saturated carbocycles. The summed E-state index contributed by atoms with van der Waals surface area (Å²) in [7, 11) is 0. The average molecular weight is 309 g/mol. The van der Waals surface area contributed by atoms with Crippen LogP contribution in [0.2, 0.25) is 5.02 Å². The van der Waals surface area contributed by atoms with E-state index >= 15 is 0 Å². The van der Waals surface area contributed by atoms with Crippen LogP contribution in [-0.4, -0.2) is 30.1 Å². The molecular formula is C18H29ClN2. The van der Waals surface area contributed by atoms with Crippen LogP contribution >= 0.6 is 11.6 Å². The number of hydrogen-bond acceptors (Lipinski definition) is 2. The molecule has 1 fully saturated rings. The first-order valence-corrected chi connectivity index (χ1v) is 8.68. The van der Waals surface area contributed by atoms with Gasteiger partial charge in [0.1, 0.15) is 0 Å². The van der Waals surface area contributed by atoms with Crippen molar-refractivity contribution < 1.29 is 0 Å². The summed E-state index contributed by atoms with van der Waals surface area (Å²) < 4.78 is 0. The lowest BCUT2D eigenvalue weighted by Crippen LogP contribution is -2.56. The zero-order valence-corrected chi connectivity index (χ0v) is 14.4. The Hall–Kier alpha value is -0.570. The van der Waals surface area contributed by atoms with Crippen LogP contribution in [0.25, 0.3) is 0 Å². The molecule has 0 aromatic heterocycles. The molecule has 2 unspecified atom stereocenters. The molecule has 0 radical (unpaired) electrons. The second-order valence-corrected chi connectivity index (χ2v) is 7.17. The Balaban J connectivity index is 2.01. The molecule has 1 heterocycles. The van der Waals surface area contributed by atoms with Gasteiger partial charge in [0.05, 0.1) is 0 Å². The van der Waals surface area contributed by atoms with Crippen molar-refractivity contribution in [1.82, 2.24) is 10.2 Å². The second kappa shape index (κ2) is 8.17. The van der Waals surface area contributed by atoms with Crippen LogP contribution in [0.15, 0.2) is 24.3 Å². The van der Waals surface area contributed by atoms with Gasteiger partial charge in [0.15, 0.2) is 0 Å². The topological polar surface area (TPSA) is 15.3 Å². The first kappa shape index (κ1) is 16.8. The number of nitrogens with zero attached hydrogens (tertiary/aromatic N) is 1. The Kier molecular flexibility index (Phi) is 6.53.